The summed E-state index contributed by atoms with van der Waals surface area (Å²) in [6.45, 7) is 2.77. The van der Waals surface area contributed by atoms with E-state index in [-0.39, 0.29) is 30.6 Å². The fourth-order valence-corrected chi connectivity index (χ4v) is 4.90. The number of methoxy groups -OCH3 is 1. The van der Waals surface area contributed by atoms with E-state index in [9.17, 15) is 14.4 Å². The van der Waals surface area contributed by atoms with Crippen molar-refractivity contribution in [1.29, 1.82) is 0 Å². The summed E-state index contributed by atoms with van der Waals surface area (Å²) in [5.41, 5.74) is 2.36. The van der Waals surface area contributed by atoms with Crippen LogP contribution in [0, 0.1) is 0 Å². The van der Waals surface area contributed by atoms with Crippen molar-refractivity contribution in [3.05, 3.63) is 36.0 Å². The van der Waals surface area contributed by atoms with Gasteiger partial charge >= 0.3 is 0 Å². The van der Waals surface area contributed by atoms with Gasteiger partial charge in [0.1, 0.15) is 5.52 Å². The van der Waals surface area contributed by atoms with Gasteiger partial charge in [-0.05, 0) is 24.3 Å². The Morgan fingerprint density at radius 2 is 1.82 bits per heavy atom. The van der Waals surface area contributed by atoms with Crippen LogP contribution in [0.4, 0.5) is 16.5 Å². The predicted molar refractivity (Wildman–Crippen MR) is 123 cm³/mol. The highest BCUT2D eigenvalue weighted by Gasteiger charge is 2.30. The number of fused-ring (bicyclic) bond motifs is 1. The van der Waals surface area contributed by atoms with Gasteiger partial charge in [-0.15, -0.1) is 0 Å². The number of pyridine rings is 1. The molecule has 4 heterocycles. The SMILES string of the molecule is COc1ncc(N2CCOCC2)c2sc(NC(=O)c3ccc(N4C(=O)CCC4=O)cc3)nc12. The molecule has 11 heteroatoms. The number of thiazole rings is 1. The Labute approximate surface area is 193 Å². The number of hydrogen-bond acceptors (Lipinski definition) is 9. The van der Waals surface area contributed by atoms with Gasteiger partial charge in [0.15, 0.2) is 5.13 Å². The molecular formula is C22H21N5O5S. The summed E-state index contributed by atoms with van der Waals surface area (Å²) in [4.78, 5) is 48.9. The van der Waals surface area contributed by atoms with Crippen LogP contribution in [0.1, 0.15) is 23.2 Å². The molecule has 0 bridgehead atoms. The highest BCUT2D eigenvalue weighted by molar-refractivity contribution is 7.23. The molecule has 2 aliphatic heterocycles. The largest absolute Gasteiger partial charge is 0.479 e. The van der Waals surface area contributed by atoms with Gasteiger partial charge in [-0.25, -0.2) is 9.97 Å². The van der Waals surface area contributed by atoms with Gasteiger partial charge < -0.3 is 14.4 Å². The molecule has 0 spiro atoms. The van der Waals surface area contributed by atoms with Crippen molar-refractivity contribution >= 4 is 55.8 Å². The zero-order chi connectivity index (χ0) is 22.9. The predicted octanol–water partition coefficient (Wildman–Crippen LogP) is 2.44. The van der Waals surface area contributed by atoms with Crippen LogP contribution in [-0.2, 0) is 14.3 Å². The van der Waals surface area contributed by atoms with E-state index in [0.29, 0.717) is 41.0 Å². The summed E-state index contributed by atoms with van der Waals surface area (Å²) in [5.74, 6) is -0.418. The number of imide groups is 1. The summed E-state index contributed by atoms with van der Waals surface area (Å²) in [5, 5.41) is 3.25. The van der Waals surface area contributed by atoms with Crippen molar-refractivity contribution in [2.24, 2.45) is 0 Å². The number of rotatable bonds is 5. The van der Waals surface area contributed by atoms with Crippen LogP contribution in [0.5, 0.6) is 5.88 Å². The number of morpholine rings is 1. The fraction of sp³-hybridized carbons (Fsp3) is 0.318. The van der Waals surface area contributed by atoms with E-state index in [2.05, 4.69) is 20.2 Å². The standard InChI is InChI=1S/C22H21N5O5S/c1-31-21-18-19(15(12-23-21)26-8-10-32-11-9-26)33-22(24-18)25-20(30)13-2-4-14(5-3-13)27-16(28)6-7-17(27)29/h2-5,12H,6-11H2,1H3,(H,24,25,30). The number of nitrogens with zero attached hydrogens (tertiary/aromatic N) is 4. The Hall–Kier alpha value is -3.57. The summed E-state index contributed by atoms with van der Waals surface area (Å²) < 4.78 is 11.7. The molecule has 0 saturated carbocycles. The summed E-state index contributed by atoms with van der Waals surface area (Å²) in [6.07, 6.45) is 2.18. The van der Waals surface area contributed by atoms with Crippen LogP contribution in [-0.4, -0.2) is 61.1 Å². The van der Waals surface area contributed by atoms with Crippen molar-refractivity contribution in [3.63, 3.8) is 0 Å². The monoisotopic (exact) mass is 467 g/mol. The second-order valence-corrected chi connectivity index (χ2v) is 8.57. The van der Waals surface area contributed by atoms with E-state index in [1.54, 1.807) is 30.5 Å². The Morgan fingerprint density at radius 1 is 1.12 bits per heavy atom. The third kappa shape index (κ3) is 4.00. The number of hydrogen-bond donors (Lipinski definition) is 1. The van der Waals surface area contributed by atoms with Crippen molar-refractivity contribution in [3.8, 4) is 5.88 Å². The number of aromatic nitrogens is 2. The summed E-state index contributed by atoms with van der Waals surface area (Å²) in [7, 11) is 1.53. The third-order valence-corrected chi connectivity index (χ3v) is 6.56. The van der Waals surface area contributed by atoms with E-state index < -0.39 is 0 Å². The quantitative estimate of drug-likeness (QED) is 0.569. The zero-order valence-electron chi connectivity index (χ0n) is 17.9. The molecule has 5 rings (SSSR count). The third-order valence-electron chi connectivity index (χ3n) is 5.57. The van der Waals surface area contributed by atoms with Crippen molar-refractivity contribution < 1.29 is 23.9 Å². The average Bonchev–Trinajstić information content (AvgIpc) is 3.41. The molecule has 1 N–H and O–H groups in total. The molecule has 3 aromatic rings. The minimum absolute atomic E-state index is 0.212. The Kier molecular flexibility index (Phi) is 5.65. The first-order chi connectivity index (χ1) is 16.0. The van der Waals surface area contributed by atoms with Gasteiger partial charge in [-0.2, -0.15) is 0 Å². The molecular weight excluding hydrogens is 446 g/mol. The normalized spacial score (nSPS) is 16.5. The first-order valence-corrected chi connectivity index (χ1v) is 11.3. The molecule has 0 radical (unpaired) electrons. The van der Waals surface area contributed by atoms with Crippen molar-refractivity contribution in [1.82, 2.24) is 9.97 Å². The number of benzene rings is 1. The zero-order valence-corrected chi connectivity index (χ0v) is 18.7. The lowest BCUT2D eigenvalue weighted by molar-refractivity contribution is -0.121. The van der Waals surface area contributed by atoms with Crippen molar-refractivity contribution in [2.45, 2.75) is 12.8 Å². The molecule has 0 atom stereocenters. The second-order valence-electron chi connectivity index (χ2n) is 7.57. The molecule has 170 valence electrons. The highest BCUT2D eigenvalue weighted by atomic mass is 32.1. The average molecular weight is 468 g/mol. The van der Waals surface area contributed by atoms with Crippen LogP contribution in [0.15, 0.2) is 30.5 Å². The molecule has 0 unspecified atom stereocenters. The minimum Gasteiger partial charge on any atom is -0.479 e. The lowest BCUT2D eigenvalue weighted by Crippen LogP contribution is -2.36. The molecule has 2 saturated heterocycles. The van der Waals surface area contributed by atoms with Gasteiger partial charge in [-0.3, -0.25) is 24.6 Å². The second kappa shape index (κ2) is 8.75. The maximum atomic E-state index is 12.8. The number of carbonyl (C=O) groups is 3. The van der Waals surface area contributed by atoms with Gasteiger partial charge in [0.05, 0.1) is 42.6 Å². The molecule has 3 amide bonds. The van der Waals surface area contributed by atoms with Crippen LogP contribution in [0.3, 0.4) is 0 Å². The maximum Gasteiger partial charge on any atom is 0.257 e. The molecule has 10 nitrogen and oxygen atoms in total. The van der Waals surface area contributed by atoms with Crippen LogP contribution < -0.4 is 19.9 Å². The summed E-state index contributed by atoms with van der Waals surface area (Å²) >= 11 is 1.35. The maximum absolute atomic E-state index is 12.8. The van der Waals surface area contributed by atoms with E-state index in [4.69, 9.17) is 9.47 Å². The first kappa shape index (κ1) is 21.3. The number of anilines is 3. The molecule has 2 aliphatic rings. The number of carbonyl (C=O) groups excluding carboxylic acids is 3. The fourth-order valence-electron chi connectivity index (χ4n) is 3.91. The van der Waals surface area contributed by atoms with Gasteiger partial charge in [0.2, 0.25) is 17.7 Å². The number of nitrogens with one attached hydrogen (secondary N) is 1. The Balaban J connectivity index is 1.39. The molecule has 2 fully saturated rings. The first-order valence-electron chi connectivity index (χ1n) is 10.5. The van der Waals surface area contributed by atoms with E-state index in [1.165, 1.54) is 18.4 Å². The minimum atomic E-state index is -0.348. The number of amides is 3. The smallest absolute Gasteiger partial charge is 0.257 e. The van der Waals surface area contributed by atoms with Gasteiger partial charge in [0.25, 0.3) is 5.91 Å². The number of ether oxygens (including phenoxy) is 2. The molecule has 33 heavy (non-hydrogen) atoms. The van der Waals surface area contributed by atoms with Gasteiger partial charge in [-0.1, -0.05) is 11.3 Å². The lowest BCUT2D eigenvalue weighted by Gasteiger charge is -2.28. The van der Waals surface area contributed by atoms with Crippen LogP contribution in [0.2, 0.25) is 0 Å². The van der Waals surface area contributed by atoms with Crippen LogP contribution >= 0.6 is 11.3 Å². The topological polar surface area (TPSA) is 114 Å². The Morgan fingerprint density at radius 3 is 2.48 bits per heavy atom. The lowest BCUT2D eigenvalue weighted by atomic mass is 10.2. The van der Waals surface area contributed by atoms with E-state index in [0.717, 1.165) is 28.4 Å². The molecule has 1 aromatic carbocycles. The van der Waals surface area contributed by atoms with Crippen molar-refractivity contribution in [2.75, 3.05) is 48.5 Å². The van der Waals surface area contributed by atoms with Gasteiger partial charge in [0, 0.05) is 31.5 Å². The molecule has 2 aromatic heterocycles. The van der Waals surface area contributed by atoms with E-state index in [1.807, 2.05) is 0 Å². The van der Waals surface area contributed by atoms with Crippen LogP contribution in [0.25, 0.3) is 10.2 Å². The molecule has 0 aliphatic carbocycles. The summed E-state index contributed by atoms with van der Waals surface area (Å²) in [6, 6.07) is 6.35. The highest BCUT2D eigenvalue weighted by Crippen LogP contribution is 2.38. The van der Waals surface area contributed by atoms with E-state index >= 15 is 0 Å². The Bertz CT molecular complexity index is 1220.